The minimum Gasteiger partial charge on any atom is -0.133 e. The van der Waals surface area contributed by atoms with E-state index in [0.29, 0.717) is 11.3 Å². The Morgan fingerprint density at radius 1 is 1.46 bits per heavy atom. The minimum absolute atomic E-state index is 0.417. The van der Waals surface area contributed by atoms with Crippen LogP contribution in [0.3, 0.4) is 0 Å². The molecule has 0 amide bonds. The Labute approximate surface area is 96.4 Å². The van der Waals surface area contributed by atoms with Gasteiger partial charge < -0.3 is 0 Å². The van der Waals surface area contributed by atoms with E-state index >= 15 is 0 Å². The molecule has 0 N–H and O–H groups in total. The van der Waals surface area contributed by atoms with Crippen LogP contribution < -0.4 is 0 Å². The van der Waals surface area contributed by atoms with Crippen molar-refractivity contribution < 1.29 is 0 Å². The molecule has 0 bridgehead atoms. The van der Waals surface area contributed by atoms with Crippen molar-refractivity contribution in [3.05, 3.63) is 20.8 Å². The van der Waals surface area contributed by atoms with Crippen LogP contribution in [0.1, 0.15) is 24.1 Å². The summed E-state index contributed by atoms with van der Waals surface area (Å²) in [5, 5.41) is 0.417. The van der Waals surface area contributed by atoms with Gasteiger partial charge in [0.25, 0.3) is 0 Å². The van der Waals surface area contributed by atoms with Gasteiger partial charge in [0.2, 0.25) is 0 Å². The average Bonchev–Trinajstić information content (AvgIpc) is 2.64. The molecule has 1 fully saturated rings. The third kappa shape index (κ3) is 2.48. The molecule has 1 heterocycles. The van der Waals surface area contributed by atoms with Gasteiger partial charge in [0, 0.05) is 10.3 Å². The predicted molar refractivity (Wildman–Crippen MR) is 62.7 cm³/mol. The molecule has 2 atom stereocenters. The number of thiophene rings is 1. The molecular formula is C10H12BrClS. The van der Waals surface area contributed by atoms with Crippen molar-refractivity contribution in [3.8, 4) is 0 Å². The van der Waals surface area contributed by atoms with Crippen molar-refractivity contribution >= 4 is 38.9 Å². The second-order valence-corrected chi connectivity index (χ2v) is 6.73. The molecule has 0 nitrogen and oxygen atoms in total. The predicted octanol–water partition coefficient (Wildman–Crippen LogP) is 4.46. The zero-order chi connectivity index (χ0) is 9.26. The van der Waals surface area contributed by atoms with Crippen LogP contribution in [-0.4, -0.2) is 5.38 Å². The third-order valence-corrected chi connectivity index (χ3v) is 4.88. The number of halogens is 2. The van der Waals surface area contributed by atoms with Crippen molar-refractivity contribution in [2.45, 2.75) is 31.1 Å². The fourth-order valence-electron chi connectivity index (χ4n) is 1.94. The highest BCUT2D eigenvalue weighted by Crippen LogP contribution is 2.34. The molecule has 0 aliphatic heterocycles. The van der Waals surface area contributed by atoms with Gasteiger partial charge in [-0.05, 0) is 53.2 Å². The van der Waals surface area contributed by atoms with Crippen molar-refractivity contribution in [3.63, 3.8) is 0 Å². The molecule has 0 radical (unpaired) electrons. The molecule has 3 heteroatoms. The van der Waals surface area contributed by atoms with Gasteiger partial charge in [-0.15, -0.1) is 22.9 Å². The van der Waals surface area contributed by atoms with E-state index < -0.39 is 0 Å². The zero-order valence-corrected chi connectivity index (χ0v) is 10.5. The van der Waals surface area contributed by atoms with Crippen LogP contribution in [0.15, 0.2) is 15.9 Å². The minimum atomic E-state index is 0.417. The fourth-order valence-corrected chi connectivity index (χ4v) is 3.89. The smallest absolute Gasteiger partial charge is 0.0701 e. The second-order valence-electron chi connectivity index (χ2n) is 3.62. The van der Waals surface area contributed by atoms with Gasteiger partial charge in [-0.25, -0.2) is 0 Å². The van der Waals surface area contributed by atoms with E-state index in [2.05, 4.69) is 28.1 Å². The maximum absolute atomic E-state index is 6.23. The van der Waals surface area contributed by atoms with Gasteiger partial charge in [0.05, 0.1) is 3.79 Å². The summed E-state index contributed by atoms with van der Waals surface area (Å²) < 4.78 is 1.23. The first-order valence-electron chi connectivity index (χ1n) is 4.64. The van der Waals surface area contributed by atoms with E-state index in [1.165, 1.54) is 34.3 Å². The highest BCUT2D eigenvalue weighted by Gasteiger charge is 2.25. The lowest BCUT2D eigenvalue weighted by Gasteiger charge is -2.11. The van der Waals surface area contributed by atoms with E-state index in [0.717, 1.165) is 0 Å². The van der Waals surface area contributed by atoms with Crippen LogP contribution in [0, 0.1) is 5.92 Å². The molecular weight excluding hydrogens is 268 g/mol. The van der Waals surface area contributed by atoms with Crippen LogP contribution in [0.5, 0.6) is 0 Å². The van der Waals surface area contributed by atoms with E-state index in [1.54, 1.807) is 0 Å². The van der Waals surface area contributed by atoms with Crippen molar-refractivity contribution in [2.75, 3.05) is 0 Å². The Morgan fingerprint density at radius 3 is 2.85 bits per heavy atom. The summed E-state index contributed by atoms with van der Waals surface area (Å²) in [6, 6.07) is 4.33. The van der Waals surface area contributed by atoms with Crippen molar-refractivity contribution in [2.24, 2.45) is 5.92 Å². The number of hydrogen-bond donors (Lipinski definition) is 0. The highest BCUT2D eigenvalue weighted by atomic mass is 79.9. The van der Waals surface area contributed by atoms with E-state index in [4.69, 9.17) is 11.6 Å². The topological polar surface area (TPSA) is 0 Å². The van der Waals surface area contributed by atoms with Crippen LogP contribution in [0.25, 0.3) is 0 Å². The molecule has 0 saturated heterocycles. The lowest BCUT2D eigenvalue weighted by atomic mass is 10.0. The molecule has 1 saturated carbocycles. The maximum atomic E-state index is 6.23. The van der Waals surface area contributed by atoms with Crippen LogP contribution >= 0.6 is 38.9 Å². The highest BCUT2D eigenvalue weighted by molar-refractivity contribution is 9.11. The van der Waals surface area contributed by atoms with E-state index in [9.17, 15) is 0 Å². The standard InChI is InChI=1S/C10H12BrClS/c11-10-5-4-8(13-10)6-7-2-1-3-9(7)12/h4-5,7,9H,1-3,6H2. The van der Waals surface area contributed by atoms with Gasteiger partial charge in [-0.1, -0.05) is 6.42 Å². The Balaban J connectivity index is 1.97. The largest absolute Gasteiger partial charge is 0.133 e. The van der Waals surface area contributed by atoms with Gasteiger partial charge in [0.15, 0.2) is 0 Å². The molecule has 13 heavy (non-hydrogen) atoms. The van der Waals surface area contributed by atoms with Gasteiger partial charge in [0.1, 0.15) is 0 Å². The van der Waals surface area contributed by atoms with E-state index in [-0.39, 0.29) is 0 Å². The molecule has 1 aliphatic carbocycles. The van der Waals surface area contributed by atoms with Crippen LogP contribution in [0.4, 0.5) is 0 Å². The van der Waals surface area contributed by atoms with Gasteiger partial charge in [-0.2, -0.15) is 0 Å². The summed E-state index contributed by atoms with van der Waals surface area (Å²) in [4.78, 5) is 1.46. The molecule has 1 aromatic heterocycles. The number of rotatable bonds is 2. The van der Waals surface area contributed by atoms with Gasteiger partial charge in [-0.3, -0.25) is 0 Å². The fraction of sp³-hybridized carbons (Fsp3) is 0.600. The Bertz CT molecular complexity index is 284. The summed E-state index contributed by atoms with van der Waals surface area (Å²) in [5.41, 5.74) is 0. The normalized spacial score (nSPS) is 28.2. The monoisotopic (exact) mass is 278 g/mol. The Morgan fingerprint density at radius 2 is 2.31 bits per heavy atom. The van der Waals surface area contributed by atoms with Crippen molar-refractivity contribution in [1.82, 2.24) is 0 Å². The Hall–Kier alpha value is 0.470. The van der Waals surface area contributed by atoms with Crippen LogP contribution in [-0.2, 0) is 6.42 Å². The molecule has 72 valence electrons. The second kappa shape index (κ2) is 4.33. The first kappa shape index (κ1) is 10.0. The van der Waals surface area contributed by atoms with Crippen LogP contribution in [0.2, 0.25) is 0 Å². The number of hydrogen-bond acceptors (Lipinski definition) is 1. The quantitative estimate of drug-likeness (QED) is 0.701. The summed E-state index contributed by atoms with van der Waals surface area (Å²) in [6.07, 6.45) is 5.00. The molecule has 1 aliphatic rings. The first-order valence-corrected chi connectivity index (χ1v) is 6.68. The SMILES string of the molecule is ClC1CCCC1Cc1ccc(Br)s1. The lowest BCUT2D eigenvalue weighted by Crippen LogP contribution is -2.09. The maximum Gasteiger partial charge on any atom is 0.0701 e. The summed E-state index contributed by atoms with van der Waals surface area (Å²) in [7, 11) is 0. The zero-order valence-electron chi connectivity index (χ0n) is 7.30. The van der Waals surface area contributed by atoms with E-state index in [1.807, 2.05) is 11.3 Å². The summed E-state index contributed by atoms with van der Waals surface area (Å²) >= 11 is 11.5. The first-order chi connectivity index (χ1) is 6.25. The molecule has 0 aromatic carbocycles. The van der Waals surface area contributed by atoms with Crippen molar-refractivity contribution in [1.29, 1.82) is 0 Å². The lowest BCUT2D eigenvalue weighted by molar-refractivity contribution is 0.557. The molecule has 2 unspecified atom stereocenters. The molecule has 1 aromatic rings. The average molecular weight is 280 g/mol. The number of alkyl halides is 1. The molecule has 2 rings (SSSR count). The third-order valence-electron chi connectivity index (χ3n) is 2.66. The Kier molecular flexibility index (Phi) is 3.33. The van der Waals surface area contributed by atoms with Gasteiger partial charge >= 0.3 is 0 Å². The summed E-state index contributed by atoms with van der Waals surface area (Å²) in [5.74, 6) is 0.715. The molecule has 0 spiro atoms. The summed E-state index contributed by atoms with van der Waals surface area (Å²) in [6.45, 7) is 0.